The van der Waals surface area contributed by atoms with Crippen LogP contribution in [0, 0.1) is 0 Å². The average molecular weight is 363 g/mol. The molecular weight excluding hydrogens is 346 g/mol. The molecule has 0 saturated carbocycles. The number of carbonyl (C=O) groups excluding carboxylic acids is 1. The van der Waals surface area contributed by atoms with Gasteiger partial charge in [-0.3, -0.25) is 9.69 Å². The van der Waals surface area contributed by atoms with Crippen LogP contribution in [0.3, 0.4) is 0 Å². The fourth-order valence-corrected chi connectivity index (χ4v) is 3.58. The van der Waals surface area contributed by atoms with Gasteiger partial charge in [0.05, 0.1) is 4.91 Å². The Labute approximate surface area is 150 Å². The highest BCUT2D eigenvalue weighted by Crippen LogP contribution is 2.35. The van der Waals surface area contributed by atoms with Crippen LogP contribution in [-0.4, -0.2) is 38.9 Å². The predicted octanol–water partition coefficient (Wildman–Crippen LogP) is 3.32. The van der Waals surface area contributed by atoms with Crippen molar-refractivity contribution >= 4 is 46.3 Å². The second kappa shape index (κ2) is 8.12. The van der Waals surface area contributed by atoms with Crippen molar-refractivity contribution in [1.29, 1.82) is 0 Å². The summed E-state index contributed by atoms with van der Waals surface area (Å²) in [5.74, 6) is -0.838. The molecule has 2 rings (SSSR count). The number of benzene rings is 1. The lowest BCUT2D eigenvalue weighted by molar-refractivity contribution is -0.145. The van der Waals surface area contributed by atoms with Crippen LogP contribution in [0.2, 0.25) is 0 Å². The fraction of sp³-hybridized carbons (Fsp3) is 0.235. The molecule has 1 heterocycles. The number of amides is 1. The molecule has 1 N–H and O–H groups in total. The molecule has 5 nitrogen and oxygen atoms in total. The number of thioether (sulfide) groups is 1. The lowest BCUT2D eigenvalue weighted by Gasteiger charge is -2.21. The number of carboxylic acid groups (broad SMARTS) is 1. The minimum absolute atomic E-state index is 0.255. The normalized spacial score (nSPS) is 17.2. The molecule has 0 spiro atoms. The van der Waals surface area contributed by atoms with Crippen molar-refractivity contribution in [1.82, 2.24) is 4.90 Å². The fourth-order valence-electron chi connectivity index (χ4n) is 2.24. The van der Waals surface area contributed by atoms with Crippen molar-refractivity contribution < 1.29 is 19.4 Å². The van der Waals surface area contributed by atoms with E-state index in [2.05, 4.69) is 6.58 Å². The number of para-hydroxylation sites is 1. The average Bonchev–Trinajstić information content (AvgIpc) is 2.82. The number of ether oxygens (including phenoxy) is 1. The van der Waals surface area contributed by atoms with E-state index in [9.17, 15) is 14.7 Å². The smallest absolute Gasteiger partial charge is 0.326 e. The van der Waals surface area contributed by atoms with Gasteiger partial charge in [-0.05, 0) is 18.6 Å². The summed E-state index contributed by atoms with van der Waals surface area (Å²) in [5.41, 5.74) is 0.725. The molecular formula is C17H17NO4S2. The highest BCUT2D eigenvalue weighted by Gasteiger charge is 2.39. The van der Waals surface area contributed by atoms with Crippen LogP contribution in [0.5, 0.6) is 5.75 Å². The van der Waals surface area contributed by atoms with Crippen molar-refractivity contribution in [2.45, 2.75) is 19.4 Å². The molecule has 1 atom stereocenters. The van der Waals surface area contributed by atoms with Crippen LogP contribution >= 0.6 is 24.0 Å². The van der Waals surface area contributed by atoms with E-state index in [-0.39, 0.29) is 10.7 Å². The van der Waals surface area contributed by atoms with Gasteiger partial charge in [-0.25, -0.2) is 4.79 Å². The summed E-state index contributed by atoms with van der Waals surface area (Å²) in [6.45, 7) is 5.67. The number of thiocarbonyl (C=S) groups is 1. The predicted molar refractivity (Wildman–Crippen MR) is 98.9 cm³/mol. The molecule has 0 aromatic heterocycles. The van der Waals surface area contributed by atoms with Crippen LogP contribution < -0.4 is 4.74 Å². The Morgan fingerprint density at radius 3 is 2.83 bits per heavy atom. The molecule has 1 aromatic carbocycles. The number of carbonyl (C=O) groups is 2. The van der Waals surface area contributed by atoms with Crippen LogP contribution in [0.4, 0.5) is 0 Å². The number of hydrogen-bond donors (Lipinski definition) is 1. The minimum atomic E-state index is -1.07. The Morgan fingerprint density at radius 2 is 2.21 bits per heavy atom. The van der Waals surface area contributed by atoms with Crippen molar-refractivity contribution in [3.8, 4) is 5.75 Å². The van der Waals surface area contributed by atoms with Gasteiger partial charge in [0, 0.05) is 5.56 Å². The number of rotatable bonds is 7. The van der Waals surface area contributed by atoms with Gasteiger partial charge in [0.25, 0.3) is 5.91 Å². The summed E-state index contributed by atoms with van der Waals surface area (Å²) >= 11 is 6.29. The van der Waals surface area contributed by atoms with E-state index >= 15 is 0 Å². The first-order valence-corrected chi connectivity index (χ1v) is 8.54. The van der Waals surface area contributed by atoms with Gasteiger partial charge in [-0.2, -0.15) is 0 Å². The maximum Gasteiger partial charge on any atom is 0.326 e. The maximum atomic E-state index is 12.6. The Morgan fingerprint density at radius 1 is 1.50 bits per heavy atom. The molecule has 1 amide bonds. The Balaban J connectivity index is 2.32. The topological polar surface area (TPSA) is 66.8 Å². The van der Waals surface area contributed by atoms with E-state index in [0.29, 0.717) is 17.3 Å². The summed E-state index contributed by atoms with van der Waals surface area (Å²) in [4.78, 5) is 25.5. The van der Waals surface area contributed by atoms with Gasteiger partial charge in [0.15, 0.2) is 0 Å². The quantitative estimate of drug-likeness (QED) is 0.455. The van der Waals surface area contributed by atoms with Crippen LogP contribution in [-0.2, 0) is 9.59 Å². The maximum absolute atomic E-state index is 12.6. The summed E-state index contributed by atoms with van der Waals surface area (Å²) in [6.07, 6.45) is 3.59. The van der Waals surface area contributed by atoms with E-state index in [1.54, 1.807) is 25.1 Å². The minimum Gasteiger partial charge on any atom is -0.489 e. The van der Waals surface area contributed by atoms with Crippen LogP contribution in [0.15, 0.2) is 41.8 Å². The van der Waals surface area contributed by atoms with Crippen LogP contribution in [0.25, 0.3) is 6.08 Å². The Hall–Kier alpha value is -2.12. The van der Waals surface area contributed by atoms with Gasteiger partial charge in [-0.1, -0.05) is 61.8 Å². The first-order valence-electron chi connectivity index (χ1n) is 7.32. The monoisotopic (exact) mass is 363 g/mol. The zero-order valence-corrected chi connectivity index (χ0v) is 14.7. The van der Waals surface area contributed by atoms with Crippen molar-refractivity contribution in [2.24, 2.45) is 0 Å². The number of nitrogens with zero attached hydrogens (tertiary/aromatic N) is 1. The SMILES string of the molecule is C=CCOc1ccccc1/C=C1\SC(=S)N(C(CC)C(=O)O)C1=O. The molecule has 1 aromatic rings. The first kappa shape index (κ1) is 18.2. The van der Waals surface area contributed by atoms with Crippen molar-refractivity contribution in [3.05, 3.63) is 47.4 Å². The number of carboxylic acids is 1. The molecule has 126 valence electrons. The van der Waals surface area contributed by atoms with Gasteiger partial charge in [0.2, 0.25) is 0 Å². The number of aliphatic carboxylic acids is 1. The summed E-state index contributed by atoms with van der Waals surface area (Å²) in [7, 11) is 0. The Bertz CT molecular complexity index is 714. The largest absolute Gasteiger partial charge is 0.489 e. The molecule has 0 bridgehead atoms. The molecule has 1 aliphatic rings. The third-order valence-electron chi connectivity index (χ3n) is 3.37. The number of hydrogen-bond acceptors (Lipinski definition) is 5. The third-order valence-corrected chi connectivity index (χ3v) is 4.70. The van der Waals surface area contributed by atoms with E-state index < -0.39 is 17.9 Å². The standard InChI is InChI=1S/C17H17NO4S2/c1-3-9-22-13-8-6-5-7-11(13)10-14-15(19)18(17(23)24-14)12(4-2)16(20)21/h3,5-8,10,12H,1,4,9H2,2H3,(H,20,21)/b14-10-. The van der Waals surface area contributed by atoms with E-state index in [0.717, 1.165) is 17.3 Å². The molecule has 7 heteroatoms. The highest BCUT2D eigenvalue weighted by molar-refractivity contribution is 8.26. The molecule has 1 unspecified atom stereocenters. The zero-order chi connectivity index (χ0) is 17.7. The second-order valence-electron chi connectivity index (χ2n) is 4.95. The molecule has 1 aliphatic heterocycles. The molecule has 0 aliphatic carbocycles. The van der Waals surface area contributed by atoms with Crippen molar-refractivity contribution in [3.63, 3.8) is 0 Å². The van der Waals surface area contributed by atoms with E-state index in [4.69, 9.17) is 17.0 Å². The lowest BCUT2D eigenvalue weighted by Crippen LogP contribution is -2.43. The zero-order valence-electron chi connectivity index (χ0n) is 13.1. The van der Waals surface area contributed by atoms with Gasteiger partial charge >= 0.3 is 5.97 Å². The summed E-state index contributed by atoms with van der Waals surface area (Å²) in [5, 5.41) is 9.27. The second-order valence-corrected chi connectivity index (χ2v) is 6.63. The van der Waals surface area contributed by atoms with Gasteiger partial charge < -0.3 is 9.84 Å². The summed E-state index contributed by atoms with van der Waals surface area (Å²) in [6, 6.07) is 6.33. The third kappa shape index (κ3) is 3.85. The molecule has 1 fully saturated rings. The molecule has 24 heavy (non-hydrogen) atoms. The van der Waals surface area contributed by atoms with Crippen molar-refractivity contribution in [2.75, 3.05) is 6.61 Å². The van der Waals surface area contributed by atoms with Gasteiger partial charge in [0.1, 0.15) is 22.7 Å². The van der Waals surface area contributed by atoms with E-state index in [1.807, 2.05) is 18.2 Å². The van der Waals surface area contributed by atoms with Gasteiger partial charge in [-0.15, -0.1) is 0 Å². The van der Waals surface area contributed by atoms with Crippen LogP contribution in [0.1, 0.15) is 18.9 Å². The summed E-state index contributed by atoms with van der Waals surface area (Å²) < 4.78 is 5.82. The first-order chi connectivity index (χ1) is 11.5. The lowest BCUT2D eigenvalue weighted by atomic mass is 10.1. The molecule has 1 saturated heterocycles. The Kier molecular flexibility index (Phi) is 6.16. The molecule has 0 radical (unpaired) electrons. The van der Waals surface area contributed by atoms with E-state index in [1.165, 1.54) is 4.90 Å². The highest BCUT2D eigenvalue weighted by atomic mass is 32.2.